The number of amides is 2. The third-order valence-electron chi connectivity index (χ3n) is 6.99. The Balaban J connectivity index is 1.51. The Kier molecular flexibility index (Phi) is 6.66. The van der Waals surface area contributed by atoms with Crippen LogP contribution in [0.2, 0.25) is 0 Å². The highest BCUT2D eigenvalue weighted by Gasteiger charge is 2.37. The molecule has 12 heteroatoms. The standard InChI is InChI=1S/C26H28N8O3S/c1-4-34(23(27)37)25-32-19-10-16(9-18(21(19)38-25)20-14-28-15(2)11-29-20)17-12-30-24(31-13-17)33-7-5-26(3,6-8-33)22(35)36/h9-14H,4-8H2,1-3H3,(H2,27,37)(H,35,36). The molecule has 3 N–H and O–H groups in total. The van der Waals surface area contributed by atoms with Gasteiger partial charge in [0.15, 0.2) is 5.13 Å². The van der Waals surface area contributed by atoms with Crippen LogP contribution in [0, 0.1) is 12.3 Å². The zero-order valence-corrected chi connectivity index (χ0v) is 22.2. The van der Waals surface area contributed by atoms with Crippen LogP contribution in [0.15, 0.2) is 36.9 Å². The molecule has 4 aromatic rings. The van der Waals surface area contributed by atoms with Crippen LogP contribution in [0.3, 0.4) is 0 Å². The van der Waals surface area contributed by atoms with E-state index in [1.807, 2.05) is 30.9 Å². The van der Waals surface area contributed by atoms with Crippen LogP contribution >= 0.6 is 11.3 Å². The molecule has 0 aliphatic carbocycles. The quantitative estimate of drug-likeness (QED) is 0.374. The minimum absolute atomic E-state index is 0.402. The lowest BCUT2D eigenvalue weighted by Crippen LogP contribution is -2.43. The molecule has 0 radical (unpaired) electrons. The number of hydrogen-bond acceptors (Lipinski definition) is 9. The predicted octanol–water partition coefficient (Wildman–Crippen LogP) is 4.11. The Morgan fingerprint density at radius 3 is 2.37 bits per heavy atom. The molecule has 0 saturated carbocycles. The number of urea groups is 1. The molecule has 196 valence electrons. The molecule has 11 nitrogen and oxygen atoms in total. The summed E-state index contributed by atoms with van der Waals surface area (Å²) >= 11 is 1.38. The van der Waals surface area contributed by atoms with Crippen LogP contribution in [0.25, 0.3) is 32.6 Å². The number of aryl methyl sites for hydroxylation is 1. The summed E-state index contributed by atoms with van der Waals surface area (Å²) in [4.78, 5) is 49.8. The number of rotatable bonds is 6. The van der Waals surface area contributed by atoms with E-state index in [0.717, 1.165) is 27.1 Å². The van der Waals surface area contributed by atoms with Gasteiger partial charge in [0.2, 0.25) is 5.95 Å². The maximum absolute atomic E-state index is 12.0. The number of anilines is 2. The van der Waals surface area contributed by atoms with Crippen molar-refractivity contribution in [3.63, 3.8) is 0 Å². The van der Waals surface area contributed by atoms with E-state index in [-0.39, 0.29) is 0 Å². The molecule has 1 saturated heterocycles. The number of aromatic nitrogens is 5. The lowest BCUT2D eigenvalue weighted by molar-refractivity contribution is -0.149. The van der Waals surface area contributed by atoms with Gasteiger partial charge in [-0.25, -0.2) is 19.7 Å². The Bertz CT molecular complexity index is 1500. The van der Waals surface area contributed by atoms with Crippen molar-refractivity contribution in [2.24, 2.45) is 11.1 Å². The normalized spacial score (nSPS) is 15.0. The Hall–Kier alpha value is -4.19. The van der Waals surface area contributed by atoms with Gasteiger partial charge in [-0.3, -0.25) is 19.7 Å². The molecule has 2 amide bonds. The number of nitrogens with zero attached hydrogens (tertiary/aromatic N) is 7. The number of carboxylic acid groups (broad SMARTS) is 1. The van der Waals surface area contributed by atoms with Crippen molar-refractivity contribution in [1.29, 1.82) is 0 Å². The smallest absolute Gasteiger partial charge is 0.321 e. The average molecular weight is 533 g/mol. The molecule has 1 aromatic carbocycles. The zero-order chi connectivity index (χ0) is 27.0. The first kappa shape index (κ1) is 25.5. The van der Waals surface area contributed by atoms with Gasteiger partial charge >= 0.3 is 12.0 Å². The molecule has 0 unspecified atom stereocenters. The van der Waals surface area contributed by atoms with Crippen LogP contribution in [0.4, 0.5) is 15.9 Å². The second-order valence-corrected chi connectivity index (χ2v) is 10.6. The molecule has 38 heavy (non-hydrogen) atoms. The van der Waals surface area contributed by atoms with E-state index in [1.54, 1.807) is 31.7 Å². The molecule has 1 aliphatic rings. The number of nitrogens with two attached hydrogens (primary N) is 1. The van der Waals surface area contributed by atoms with Crippen LogP contribution < -0.4 is 15.5 Å². The Labute approximate surface area is 223 Å². The highest BCUT2D eigenvalue weighted by molar-refractivity contribution is 7.23. The molecule has 4 heterocycles. The number of carbonyl (C=O) groups excluding carboxylic acids is 1. The number of primary amides is 1. The molecular weight excluding hydrogens is 504 g/mol. The van der Waals surface area contributed by atoms with E-state index in [2.05, 4.69) is 19.9 Å². The third-order valence-corrected chi connectivity index (χ3v) is 8.11. The van der Waals surface area contributed by atoms with Gasteiger partial charge in [-0.05, 0) is 51.3 Å². The van der Waals surface area contributed by atoms with Gasteiger partial charge in [-0.15, -0.1) is 0 Å². The lowest BCUT2D eigenvalue weighted by atomic mass is 9.80. The molecule has 1 fully saturated rings. The highest BCUT2D eigenvalue weighted by atomic mass is 32.1. The monoisotopic (exact) mass is 532 g/mol. The fraction of sp³-hybridized carbons (Fsp3) is 0.346. The summed E-state index contributed by atoms with van der Waals surface area (Å²) in [6.45, 7) is 7.08. The average Bonchev–Trinajstić information content (AvgIpc) is 3.33. The summed E-state index contributed by atoms with van der Waals surface area (Å²) in [5.74, 6) is -0.191. The third kappa shape index (κ3) is 4.74. The van der Waals surface area contributed by atoms with Gasteiger partial charge in [0.05, 0.1) is 33.2 Å². The van der Waals surface area contributed by atoms with E-state index in [1.165, 1.54) is 16.2 Å². The van der Waals surface area contributed by atoms with Crippen molar-refractivity contribution in [2.75, 3.05) is 29.4 Å². The van der Waals surface area contributed by atoms with Crippen LogP contribution in [0.1, 0.15) is 32.4 Å². The SMILES string of the molecule is CCN(C(N)=O)c1nc2cc(-c3cnc(N4CCC(C)(C(=O)O)CC4)nc3)cc(-c3cnc(C)cn3)c2s1. The second kappa shape index (κ2) is 9.93. The van der Waals surface area contributed by atoms with Crippen molar-refractivity contribution >= 4 is 44.6 Å². The van der Waals surface area contributed by atoms with E-state index < -0.39 is 17.4 Å². The van der Waals surface area contributed by atoms with Gasteiger partial charge in [-0.1, -0.05) is 11.3 Å². The number of thiazole rings is 1. The largest absolute Gasteiger partial charge is 0.481 e. The molecule has 5 rings (SSSR count). The number of fused-ring (bicyclic) bond motifs is 1. The van der Waals surface area contributed by atoms with E-state index >= 15 is 0 Å². The minimum atomic E-state index is -0.763. The fourth-order valence-electron chi connectivity index (χ4n) is 4.46. The molecule has 1 aliphatic heterocycles. The fourth-order valence-corrected chi connectivity index (χ4v) is 5.60. The summed E-state index contributed by atoms with van der Waals surface area (Å²) in [7, 11) is 0. The number of carbonyl (C=O) groups is 2. The van der Waals surface area contributed by atoms with Crippen molar-refractivity contribution < 1.29 is 14.7 Å². The Morgan fingerprint density at radius 1 is 1.08 bits per heavy atom. The molecule has 0 bridgehead atoms. The number of hydrogen-bond donors (Lipinski definition) is 2. The first-order valence-electron chi connectivity index (χ1n) is 12.3. The summed E-state index contributed by atoms with van der Waals surface area (Å²) in [5, 5.41) is 10.0. The van der Waals surface area contributed by atoms with Crippen molar-refractivity contribution in [1.82, 2.24) is 24.9 Å². The topological polar surface area (TPSA) is 151 Å². The minimum Gasteiger partial charge on any atom is -0.481 e. The van der Waals surface area contributed by atoms with Gasteiger partial charge in [0.25, 0.3) is 0 Å². The van der Waals surface area contributed by atoms with E-state index in [4.69, 9.17) is 10.7 Å². The maximum Gasteiger partial charge on any atom is 0.321 e. The van der Waals surface area contributed by atoms with Crippen molar-refractivity contribution in [3.05, 3.63) is 42.6 Å². The number of piperidine rings is 1. The second-order valence-electron chi connectivity index (χ2n) is 9.62. The van der Waals surface area contributed by atoms with Crippen LogP contribution in [-0.4, -0.2) is 61.7 Å². The van der Waals surface area contributed by atoms with Crippen molar-refractivity contribution in [3.8, 4) is 22.4 Å². The van der Waals surface area contributed by atoms with E-state index in [0.29, 0.717) is 54.8 Å². The first-order valence-corrected chi connectivity index (χ1v) is 13.1. The maximum atomic E-state index is 12.0. The van der Waals surface area contributed by atoms with Crippen molar-refractivity contribution in [2.45, 2.75) is 33.6 Å². The van der Waals surface area contributed by atoms with E-state index in [9.17, 15) is 14.7 Å². The first-order chi connectivity index (χ1) is 18.2. The molecule has 0 spiro atoms. The summed E-state index contributed by atoms with van der Waals surface area (Å²) < 4.78 is 0.869. The summed E-state index contributed by atoms with van der Waals surface area (Å²) in [5.41, 5.74) is 9.53. The molecule has 0 atom stereocenters. The van der Waals surface area contributed by atoms with Crippen LogP contribution in [0.5, 0.6) is 0 Å². The van der Waals surface area contributed by atoms with Gasteiger partial charge in [0.1, 0.15) is 0 Å². The molecule has 3 aromatic heterocycles. The zero-order valence-electron chi connectivity index (χ0n) is 21.4. The van der Waals surface area contributed by atoms with Gasteiger partial charge < -0.3 is 15.7 Å². The van der Waals surface area contributed by atoms with Gasteiger partial charge in [0, 0.05) is 49.4 Å². The summed E-state index contributed by atoms with van der Waals surface area (Å²) in [6, 6.07) is 3.38. The van der Waals surface area contributed by atoms with Gasteiger partial charge in [-0.2, -0.15) is 0 Å². The predicted molar refractivity (Wildman–Crippen MR) is 146 cm³/mol. The highest BCUT2D eigenvalue weighted by Crippen LogP contribution is 2.39. The number of aliphatic carboxylic acids is 1. The number of carboxylic acids is 1. The summed E-state index contributed by atoms with van der Waals surface area (Å²) in [6.07, 6.45) is 8.03. The van der Waals surface area contributed by atoms with Crippen LogP contribution in [-0.2, 0) is 4.79 Å². The lowest BCUT2D eigenvalue weighted by Gasteiger charge is -2.36. The number of benzene rings is 1. The Morgan fingerprint density at radius 2 is 1.79 bits per heavy atom. The molecular formula is C26H28N8O3S.